The lowest BCUT2D eigenvalue weighted by Gasteiger charge is -2.28. The van der Waals surface area contributed by atoms with E-state index < -0.39 is 0 Å². The van der Waals surface area contributed by atoms with E-state index in [0.29, 0.717) is 17.9 Å². The van der Waals surface area contributed by atoms with Gasteiger partial charge in [-0.1, -0.05) is 20.3 Å². The minimum Gasteiger partial charge on any atom is -0.351 e. The van der Waals surface area contributed by atoms with Crippen LogP contribution >= 0.6 is 0 Å². The van der Waals surface area contributed by atoms with Gasteiger partial charge < -0.3 is 10.6 Å². The standard InChI is InChI=1S/C14H28N2O/c1-13(2,3)16-12(17)8-10-15-11-7-6-9-14(11,4)5/h11,15H,6-10H2,1-5H3,(H,16,17). The van der Waals surface area contributed by atoms with Crippen molar-refractivity contribution in [1.29, 1.82) is 0 Å². The highest BCUT2D eigenvalue weighted by atomic mass is 16.1. The summed E-state index contributed by atoms with van der Waals surface area (Å²) >= 11 is 0. The Bertz CT molecular complexity index is 266. The SMILES string of the molecule is CC(C)(C)NC(=O)CCNC1CCCC1(C)C. The maximum absolute atomic E-state index is 11.6. The smallest absolute Gasteiger partial charge is 0.221 e. The minimum atomic E-state index is -0.121. The molecule has 17 heavy (non-hydrogen) atoms. The number of hydrogen-bond donors (Lipinski definition) is 2. The Labute approximate surface area is 106 Å². The van der Waals surface area contributed by atoms with E-state index in [0.717, 1.165) is 6.54 Å². The molecule has 1 unspecified atom stereocenters. The van der Waals surface area contributed by atoms with Crippen LogP contribution in [0.15, 0.2) is 0 Å². The van der Waals surface area contributed by atoms with E-state index in [2.05, 4.69) is 24.5 Å². The van der Waals surface area contributed by atoms with Gasteiger partial charge in [0.15, 0.2) is 0 Å². The molecule has 3 heteroatoms. The summed E-state index contributed by atoms with van der Waals surface area (Å²) in [5.41, 5.74) is 0.268. The number of carbonyl (C=O) groups excluding carboxylic acids is 1. The molecule has 0 heterocycles. The van der Waals surface area contributed by atoms with Crippen molar-refractivity contribution in [1.82, 2.24) is 10.6 Å². The summed E-state index contributed by atoms with van der Waals surface area (Å²) in [6.07, 6.45) is 4.41. The number of hydrogen-bond acceptors (Lipinski definition) is 2. The number of rotatable bonds is 4. The zero-order chi connectivity index (χ0) is 13.1. The average molecular weight is 240 g/mol. The summed E-state index contributed by atoms with van der Waals surface area (Å²) in [6.45, 7) is 11.4. The molecule has 1 amide bonds. The van der Waals surface area contributed by atoms with E-state index in [1.54, 1.807) is 0 Å². The van der Waals surface area contributed by atoms with Crippen molar-refractivity contribution in [2.24, 2.45) is 5.41 Å². The van der Waals surface area contributed by atoms with Gasteiger partial charge in [-0.05, 0) is 39.0 Å². The Balaban J connectivity index is 2.22. The maximum Gasteiger partial charge on any atom is 0.221 e. The molecule has 0 aromatic heterocycles. The molecule has 1 aliphatic carbocycles. The molecule has 0 aromatic rings. The fraction of sp³-hybridized carbons (Fsp3) is 0.929. The summed E-state index contributed by atoms with van der Waals surface area (Å²) in [5, 5.41) is 6.51. The second kappa shape index (κ2) is 5.38. The second-order valence-corrected chi connectivity index (χ2v) is 6.94. The first kappa shape index (κ1) is 14.5. The van der Waals surface area contributed by atoms with Crippen LogP contribution in [0.3, 0.4) is 0 Å². The molecule has 2 N–H and O–H groups in total. The van der Waals surface area contributed by atoms with E-state index in [4.69, 9.17) is 0 Å². The molecule has 0 spiro atoms. The van der Waals surface area contributed by atoms with Gasteiger partial charge in [-0.2, -0.15) is 0 Å². The molecular weight excluding hydrogens is 212 g/mol. The highest BCUT2D eigenvalue weighted by Crippen LogP contribution is 2.36. The molecule has 0 bridgehead atoms. The van der Waals surface area contributed by atoms with Crippen molar-refractivity contribution in [3.05, 3.63) is 0 Å². The van der Waals surface area contributed by atoms with Gasteiger partial charge in [0, 0.05) is 24.5 Å². The third-order valence-electron chi connectivity index (χ3n) is 3.51. The Morgan fingerprint density at radius 1 is 1.35 bits per heavy atom. The highest BCUT2D eigenvalue weighted by Gasteiger charge is 2.33. The predicted octanol–water partition coefficient (Wildman–Crippen LogP) is 2.46. The number of nitrogens with one attached hydrogen (secondary N) is 2. The van der Waals surface area contributed by atoms with Crippen LogP contribution in [-0.2, 0) is 4.79 Å². The van der Waals surface area contributed by atoms with Crippen LogP contribution in [0.4, 0.5) is 0 Å². The molecule has 0 aromatic carbocycles. The summed E-state index contributed by atoms with van der Waals surface area (Å²) < 4.78 is 0. The molecular formula is C14H28N2O. The van der Waals surface area contributed by atoms with Gasteiger partial charge in [0.2, 0.25) is 5.91 Å². The van der Waals surface area contributed by atoms with Gasteiger partial charge in [0.05, 0.1) is 0 Å². The van der Waals surface area contributed by atoms with E-state index in [-0.39, 0.29) is 11.4 Å². The zero-order valence-electron chi connectivity index (χ0n) is 12.0. The predicted molar refractivity (Wildman–Crippen MR) is 71.9 cm³/mol. The van der Waals surface area contributed by atoms with Crippen LogP contribution in [0, 0.1) is 5.41 Å². The van der Waals surface area contributed by atoms with E-state index in [1.807, 2.05) is 20.8 Å². The van der Waals surface area contributed by atoms with E-state index in [9.17, 15) is 4.79 Å². The Morgan fingerprint density at radius 2 is 2.00 bits per heavy atom. The molecule has 1 aliphatic rings. The molecule has 0 saturated heterocycles. The highest BCUT2D eigenvalue weighted by molar-refractivity contribution is 5.76. The van der Waals surface area contributed by atoms with Gasteiger partial charge in [-0.15, -0.1) is 0 Å². The molecule has 0 aliphatic heterocycles. The van der Waals surface area contributed by atoms with E-state index >= 15 is 0 Å². The third kappa shape index (κ3) is 5.07. The van der Waals surface area contributed by atoms with Crippen LogP contribution in [-0.4, -0.2) is 24.0 Å². The largest absolute Gasteiger partial charge is 0.351 e. The molecule has 100 valence electrons. The summed E-state index contributed by atoms with van der Waals surface area (Å²) in [7, 11) is 0. The normalized spacial score (nSPS) is 23.7. The lowest BCUT2D eigenvalue weighted by molar-refractivity contribution is -0.122. The molecule has 1 saturated carbocycles. The van der Waals surface area contributed by atoms with Crippen LogP contribution in [0.5, 0.6) is 0 Å². The molecule has 1 atom stereocenters. The summed E-state index contributed by atoms with van der Waals surface area (Å²) in [6, 6.07) is 0.574. The monoisotopic (exact) mass is 240 g/mol. The molecule has 1 rings (SSSR count). The van der Waals surface area contributed by atoms with Crippen LogP contribution in [0.1, 0.15) is 60.3 Å². The zero-order valence-corrected chi connectivity index (χ0v) is 12.0. The Morgan fingerprint density at radius 3 is 2.47 bits per heavy atom. The van der Waals surface area contributed by atoms with Gasteiger partial charge in [0.25, 0.3) is 0 Å². The van der Waals surface area contributed by atoms with Crippen molar-refractivity contribution in [2.45, 2.75) is 71.9 Å². The van der Waals surface area contributed by atoms with Crippen molar-refractivity contribution in [3.63, 3.8) is 0 Å². The first-order valence-corrected chi connectivity index (χ1v) is 6.75. The van der Waals surface area contributed by atoms with Gasteiger partial charge >= 0.3 is 0 Å². The van der Waals surface area contributed by atoms with Crippen molar-refractivity contribution in [2.75, 3.05) is 6.54 Å². The van der Waals surface area contributed by atoms with Gasteiger partial charge in [-0.3, -0.25) is 4.79 Å². The minimum absolute atomic E-state index is 0.121. The van der Waals surface area contributed by atoms with Crippen molar-refractivity contribution in [3.8, 4) is 0 Å². The lowest BCUT2D eigenvalue weighted by Crippen LogP contribution is -2.43. The van der Waals surface area contributed by atoms with Crippen molar-refractivity contribution >= 4 is 5.91 Å². The molecule has 1 fully saturated rings. The molecule has 0 radical (unpaired) electrons. The number of carbonyl (C=O) groups is 1. The molecule has 3 nitrogen and oxygen atoms in total. The third-order valence-corrected chi connectivity index (χ3v) is 3.51. The second-order valence-electron chi connectivity index (χ2n) is 6.94. The summed E-state index contributed by atoms with van der Waals surface area (Å²) in [5.74, 6) is 0.140. The maximum atomic E-state index is 11.6. The lowest BCUT2D eigenvalue weighted by atomic mass is 9.87. The fourth-order valence-corrected chi connectivity index (χ4v) is 2.55. The Kier molecular flexibility index (Phi) is 4.59. The fourth-order valence-electron chi connectivity index (χ4n) is 2.55. The van der Waals surface area contributed by atoms with Gasteiger partial charge in [-0.25, -0.2) is 0 Å². The first-order chi connectivity index (χ1) is 7.71. The van der Waals surface area contributed by atoms with Crippen LogP contribution in [0.25, 0.3) is 0 Å². The first-order valence-electron chi connectivity index (χ1n) is 6.75. The number of amides is 1. The summed E-state index contributed by atoms with van der Waals surface area (Å²) in [4.78, 5) is 11.6. The van der Waals surface area contributed by atoms with Crippen LogP contribution in [0.2, 0.25) is 0 Å². The Hall–Kier alpha value is -0.570. The van der Waals surface area contributed by atoms with Crippen molar-refractivity contribution < 1.29 is 4.79 Å². The van der Waals surface area contributed by atoms with Gasteiger partial charge in [0.1, 0.15) is 0 Å². The van der Waals surface area contributed by atoms with Crippen LogP contribution < -0.4 is 10.6 Å². The van der Waals surface area contributed by atoms with E-state index in [1.165, 1.54) is 19.3 Å². The quantitative estimate of drug-likeness (QED) is 0.792. The average Bonchev–Trinajstić information content (AvgIpc) is 2.42. The topological polar surface area (TPSA) is 41.1 Å².